The monoisotopic (exact) mass is 200 g/mol. The Kier molecular flexibility index (Phi) is 1.96. The Balaban J connectivity index is 2.42. The molecule has 0 spiro atoms. The largest absolute Gasteiger partial charge is 0.424 e. The fraction of sp³-hybridized carbons (Fsp3) is 0.222. The van der Waals surface area contributed by atoms with Gasteiger partial charge in [-0.3, -0.25) is 0 Å². The average molecular weight is 201 g/mol. The first kappa shape index (κ1) is 8.51. The number of carbonyl (C=O) groups excluding carboxylic acids is 1. The van der Waals surface area contributed by atoms with Crippen molar-refractivity contribution in [3.8, 4) is 5.75 Å². The molecule has 0 fully saturated rings. The maximum Gasteiger partial charge on any atom is 0.346 e. The highest BCUT2D eigenvalue weighted by atomic mass is 35.5. The zero-order valence-corrected chi connectivity index (χ0v) is 7.34. The van der Waals surface area contributed by atoms with E-state index >= 15 is 0 Å². The zero-order chi connectivity index (χ0) is 9.42. The van der Waals surface area contributed by atoms with Crippen LogP contribution in [-0.4, -0.2) is 12.1 Å². The fourth-order valence-corrected chi connectivity index (χ4v) is 1.45. The predicted molar refractivity (Wildman–Crippen MR) is 45.7 cm³/mol. The highest BCUT2D eigenvalue weighted by molar-refractivity contribution is 6.30. The fourth-order valence-electron chi connectivity index (χ4n) is 1.26. The van der Waals surface area contributed by atoms with Crippen molar-refractivity contribution in [3.63, 3.8) is 0 Å². The average Bonchev–Trinajstić information content (AvgIpc) is 2.08. The number of halogens is 2. The Labute approximate surface area is 79.3 Å². The summed E-state index contributed by atoms with van der Waals surface area (Å²) in [6.45, 7) is 0. The molecule has 0 aromatic heterocycles. The van der Waals surface area contributed by atoms with Crippen LogP contribution in [0.3, 0.4) is 0 Å². The van der Waals surface area contributed by atoms with Gasteiger partial charge < -0.3 is 4.74 Å². The molecule has 1 unspecified atom stereocenters. The highest BCUT2D eigenvalue weighted by Gasteiger charge is 2.27. The number of benzene rings is 1. The number of carbonyl (C=O) groups is 1. The molecule has 0 amide bonds. The van der Waals surface area contributed by atoms with Crippen LogP contribution in [-0.2, 0) is 11.2 Å². The van der Waals surface area contributed by atoms with Crippen molar-refractivity contribution in [1.82, 2.24) is 0 Å². The van der Waals surface area contributed by atoms with E-state index in [2.05, 4.69) is 0 Å². The third-order valence-electron chi connectivity index (χ3n) is 1.89. The number of fused-ring (bicyclic) bond motifs is 1. The van der Waals surface area contributed by atoms with Gasteiger partial charge in [0.25, 0.3) is 0 Å². The molecule has 2 rings (SSSR count). The normalized spacial score (nSPS) is 20.8. The van der Waals surface area contributed by atoms with E-state index in [4.69, 9.17) is 16.3 Å². The van der Waals surface area contributed by atoms with Crippen molar-refractivity contribution in [3.05, 3.63) is 28.8 Å². The van der Waals surface area contributed by atoms with E-state index in [0.29, 0.717) is 16.3 Å². The summed E-state index contributed by atoms with van der Waals surface area (Å²) in [5.41, 5.74) is 0.639. The van der Waals surface area contributed by atoms with Crippen LogP contribution in [0.5, 0.6) is 5.75 Å². The molecule has 1 aliphatic heterocycles. The van der Waals surface area contributed by atoms with Gasteiger partial charge >= 0.3 is 5.97 Å². The molecule has 0 bridgehead atoms. The molecule has 1 aliphatic rings. The molecule has 1 atom stereocenters. The first-order valence-corrected chi connectivity index (χ1v) is 4.19. The minimum Gasteiger partial charge on any atom is -0.424 e. The molecule has 13 heavy (non-hydrogen) atoms. The first-order chi connectivity index (χ1) is 6.16. The van der Waals surface area contributed by atoms with Crippen molar-refractivity contribution < 1.29 is 13.9 Å². The number of rotatable bonds is 0. The van der Waals surface area contributed by atoms with E-state index < -0.39 is 12.1 Å². The van der Waals surface area contributed by atoms with Crippen LogP contribution in [0.2, 0.25) is 5.02 Å². The van der Waals surface area contributed by atoms with Gasteiger partial charge in [0.05, 0.1) is 0 Å². The maximum atomic E-state index is 12.9. The molecular formula is C9H6ClFO2. The Morgan fingerprint density at radius 2 is 2.31 bits per heavy atom. The summed E-state index contributed by atoms with van der Waals surface area (Å²) >= 11 is 5.70. The van der Waals surface area contributed by atoms with Crippen LogP contribution >= 0.6 is 11.6 Å². The van der Waals surface area contributed by atoms with E-state index in [1.54, 1.807) is 18.2 Å². The molecule has 0 radical (unpaired) electrons. The molecule has 68 valence electrons. The Morgan fingerprint density at radius 3 is 3.08 bits per heavy atom. The van der Waals surface area contributed by atoms with E-state index in [1.165, 1.54) is 0 Å². The molecule has 1 aromatic rings. The Hall–Kier alpha value is -1.09. The smallest absolute Gasteiger partial charge is 0.346 e. The topological polar surface area (TPSA) is 26.3 Å². The molecule has 1 aromatic carbocycles. The molecule has 2 nitrogen and oxygen atoms in total. The van der Waals surface area contributed by atoms with Crippen molar-refractivity contribution in [2.24, 2.45) is 0 Å². The lowest BCUT2D eigenvalue weighted by Gasteiger charge is -2.17. The standard InChI is InChI=1S/C9H6ClFO2/c10-6-1-2-8-5(3-6)4-7(11)9(12)13-8/h1-3,7H,4H2. The van der Waals surface area contributed by atoms with Gasteiger partial charge in [-0.2, -0.15) is 0 Å². The van der Waals surface area contributed by atoms with Crippen LogP contribution in [0.15, 0.2) is 18.2 Å². The van der Waals surface area contributed by atoms with Crippen molar-refractivity contribution in [2.45, 2.75) is 12.6 Å². The molecule has 0 saturated heterocycles. The third-order valence-corrected chi connectivity index (χ3v) is 2.12. The molecule has 0 aliphatic carbocycles. The predicted octanol–water partition coefficient (Wildman–Crippen LogP) is 2.14. The van der Waals surface area contributed by atoms with Crippen LogP contribution < -0.4 is 4.74 Å². The zero-order valence-electron chi connectivity index (χ0n) is 6.59. The van der Waals surface area contributed by atoms with Crippen molar-refractivity contribution in [1.29, 1.82) is 0 Å². The summed E-state index contributed by atoms with van der Waals surface area (Å²) < 4.78 is 17.6. The van der Waals surface area contributed by atoms with Crippen molar-refractivity contribution >= 4 is 17.6 Å². The Morgan fingerprint density at radius 1 is 1.54 bits per heavy atom. The lowest BCUT2D eigenvalue weighted by molar-refractivity contribution is -0.141. The summed E-state index contributed by atoms with van der Waals surface area (Å²) in [5.74, 6) is -0.418. The SMILES string of the molecule is O=C1Oc2ccc(Cl)cc2CC1F. The van der Waals surface area contributed by atoms with Crippen LogP contribution in [0.1, 0.15) is 5.56 Å². The van der Waals surface area contributed by atoms with E-state index in [0.717, 1.165) is 0 Å². The summed E-state index contributed by atoms with van der Waals surface area (Å²) in [6, 6.07) is 4.78. The van der Waals surface area contributed by atoms with Gasteiger partial charge in [0.2, 0.25) is 6.17 Å². The van der Waals surface area contributed by atoms with E-state index in [9.17, 15) is 9.18 Å². The van der Waals surface area contributed by atoms with Gasteiger partial charge in [-0.25, -0.2) is 9.18 Å². The van der Waals surface area contributed by atoms with Gasteiger partial charge in [0, 0.05) is 11.4 Å². The maximum absolute atomic E-state index is 12.9. The quantitative estimate of drug-likeness (QED) is 0.474. The lowest BCUT2D eigenvalue weighted by Crippen LogP contribution is -2.28. The molecule has 0 N–H and O–H groups in total. The second-order valence-electron chi connectivity index (χ2n) is 2.84. The first-order valence-electron chi connectivity index (χ1n) is 3.81. The molecular weight excluding hydrogens is 195 g/mol. The van der Waals surface area contributed by atoms with E-state index in [1.807, 2.05) is 0 Å². The summed E-state index contributed by atoms with van der Waals surface area (Å²) in [4.78, 5) is 10.8. The Bertz CT molecular complexity index is 365. The van der Waals surface area contributed by atoms with Crippen LogP contribution in [0.25, 0.3) is 0 Å². The van der Waals surface area contributed by atoms with Gasteiger partial charge in [0.1, 0.15) is 5.75 Å². The molecule has 1 heterocycles. The number of hydrogen-bond acceptors (Lipinski definition) is 2. The second-order valence-corrected chi connectivity index (χ2v) is 3.28. The highest BCUT2D eigenvalue weighted by Crippen LogP contribution is 2.28. The van der Waals surface area contributed by atoms with E-state index in [-0.39, 0.29) is 6.42 Å². The number of esters is 1. The van der Waals surface area contributed by atoms with Gasteiger partial charge in [-0.15, -0.1) is 0 Å². The second kappa shape index (κ2) is 3.00. The summed E-state index contributed by atoms with van der Waals surface area (Å²) in [6.07, 6.45) is -1.51. The number of alkyl halides is 1. The number of ether oxygens (including phenoxy) is 1. The van der Waals surface area contributed by atoms with Crippen LogP contribution in [0, 0.1) is 0 Å². The summed E-state index contributed by atoms with van der Waals surface area (Å²) in [5, 5.41) is 0.517. The van der Waals surface area contributed by atoms with Gasteiger partial charge in [-0.05, 0) is 23.8 Å². The third kappa shape index (κ3) is 1.52. The number of hydrogen-bond donors (Lipinski definition) is 0. The van der Waals surface area contributed by atoms with Crippen LogP contribution in [0.4, 0.5) is 4.39 Å². The summed E-state index contributed by atoms with van der Waals surface area (Å²) in [7, 11) is 0. The molecule has 0 saturated carbocycles. The minimum absolute atomic E-state index is 0.0503. The molecule has 4 heteroatoms. The van der Waals surface area contributed by atoms with Gasteiger partial charge in [0.15, 0.2) is 0 Å². The van der Waals surface area contributed by atoms with Gasteiger partial charge in [-0.1, -0.05) is 11.6 Å². The lowest BCUT2D eigenvalue weighted by atomic mass is 10.1. The van der Waals surface area contributed by atoms with Crippen molar-refractivity contribution in [2.75, 3.05) is 0 Å². The minimum atomic E-state index is -1.56.